The van der Waals surface area contributed by atoms with Crippen molar-refractivity contribution >= 4 is 35.5 Å². The SMILES string of the molecule is CNc1cccc(-c2cccc(NC(=O)c3cc(C4CC4)c(CN4CCC(C(=O)O)C4)cn3)c2C)c1C.O=Cc1cc(C2CC2)c(CN2CCC(C(=O)O)C2)cn1. The molecule has 12 heteroatoms. The zero-order valence-corrected chi connectivity index (χ0v) is 33.0. The fourth-order valence-electron chi connectivity index (χ4n) is 8.30. The highest BCUT2D eigenvalue weighted by molar-refractivity contribution is 6.04. The zero-order chi connectivity index (χ0) is 40.2. The third kappa shape index (κ3) is 9.40. The van der Waals surface area contributed by atoms with Crippen molar-refractivity contribution in [1.29, 1.82) is 0 Å². The minimum atomic E-state index is -0.723. The molecule has 1 amide bonds. The van der Waals surface area contributed by atoms with Gasteiger partial charge in [-0.05, 0) is 146 Å². The fraction of sp³-hybridized carbons (Fsp3) is 0.422. The van der Waals surface area contributed by atoms with Gasteiger partial charge in [-0.3, -0.25) is 38.9 Å². The molecule has 2 aliphatic heterocycles. The number of amides is 1. The number of carbonyl (C=O) groups is 4. The second-order valence-corrected chi connectivity index (χ2v) is 16.0. The van der Waals surface area contributed by atoms with Gasteiger partial charge in [-0.15, -0.1) is 0 Å². The van der Waals surface area contributed by atoms with Crippen LogP contribution < -0.4 is 10.6 Å². The molecule has 4 N–H and O–H groups in total. The quantitative estimate of drug-likeness (QED) is 0.102. The van der Waals surface area contributed by atoms with Gasteiger partial charge in [0.2, 0.25) is 0 Å². The van der Waals surface area contributed by atoms with Gasteiger partial charge in [-0.2, -0.15) is 0 Å². The number of nitrogens with zero attached hydrogens (tertiary/aromatic N) is 4. The molecule has 4 heterocycles. The van der Waals surface area contributed by atoms with Gasteiger partial charge in [0.1, 0.15) is 11.4 Å². The first-order valence-electron chi connectivity index (χ1n) is 20.0. The van der Waals surface area contributed by atoms with Crippen molar-refractivity contribution in [3.8, 4) is 11.1 Å². The Morgan fingerprint density at radius 3 is 1.74 bits per heavy atom. The molecule has 2 aromatic carbocycles. The number of aromatic nitrogens is 2. The van der Waals surface area contributed by atoms with Crippen LogP contribution in [0.4, 0.5) is 11.4 Å². The van der Waals surface area contributed by atoms with Crippen LogP contribution in [-0.4, -0.2) is 87.3 Å². The van der Waals surface area contributed by atoms with E-state index >= 15 is 0 Å². The summed E-state index contributed by atoms with van der Waals surface area (Å²) in [5.41, 5.74) is 11.8. The average molecular weight is 773 g/mol. The molecule has 57 heavy (non-hydrogen) atoms. The van der Waals surface area contributed by atoms with E-state index in [-0.39, 0.29) is 17.7 Å². The highest BCUT2D eigenvalue weighted by Crippen LogP contribution is 2.43. The highest BCUT2D eigenvalue weighted by atomic mass is 16.4. The lowest BCUT2D eigenvalue weighted by molar-refractivity contribution is -0.142. The topological polar surface area (TPSA) is 165 Å². The molecule has 0 spiro atoms. The molecule has 2 unspecified atom stereocenters. The van der Waals surface area contributed by atoms with Crippen molar-refractivity contribution in [2.45, 2.75) is 77.3 Å². The van der Waals surface area contributed by atoms with E-state index in [1.165, 1.54) is 24.0 Å². The Bertz CT molecular complexity index is 2160. The number of nitrogens with one attached hydrogen (secondary N) is 2. The van der Waals surface area contributed by atoms with E-state index in [1.54, 1.807) is 6.20 Å². The number of carboxylic acid groups (broad SMARTS) is 2. The van der Waals surface area contributed by atoms with Crippen LogP contribution in [0.25, 0.3) is 11.1 Å². The van der Waals surface area contributed by atoms with Gasteiger partial charge in [-0.25, -0.2) is 0 Å². The normalized spacial score (nSPS) is 19.4. The molecule has 8 rings (SSSR count). The van der Waals surface area contributed by atoms with Gasteiger partial charge in [0, 0.05) is 57.0 Å². The zero-order valence-electron chi connectivity index (χ0n) is 33.0. The van der Waals surface area contributed by atoms with Crippen LogP contribution >= 0.6 is 0 Å². The second kappa shape index (κ2) is 17.4. The van der Waals surface area contributed by atoms with Gasteiger partial charge in [0.15, 0.2) is 6.29 Å². The third-order valence-corrected chi connectivity index (χ3v) is 12.0. The lowest BCUT2D eigenvalue weighted by Gasteiger charge is -2.19. The van der Waals surface area contributed by atoms with Crippen molar-refractivity contribution in [3.63, 3.8) is 0 Å². The third-order valence-electron chi connectivity index (χ3n) is 12.0. The summed E-state index contributed by atoms with van der Waals surface area (Å²) in [7, 11) is 1.92. The van der Waals surface area contributed by atoms with Gasteiger partial charge < -0.3 is 20.8 Å². The predicted octanol–water partition coefficient (Wildman–Crippen LogP) is 7.12. The first-order chi connectivity index (χ1) is 27.5. The van der Waals surface area contributed by atoms with E-state index in [1.807, 2.05) is 50.5 Å². The van der Waals surface area contributed by atoms with Crippen LogP contribution in [0.2, 0.25) is 0 Å². The Balaban J connectivity index is 0.000000208. The summed E-state index contributed by atoms with van der Waals surface area (Å²) < 4.78 is 0. The Hall–Kier alpha value is -5.46. The molecular formula is C45H52N6O6. The number of benzene rings is 2. The van der Waals surface area contributed by atoms with Crippen LogP contribution in [0.5, 0.6) is 0 Å². The number of rotatable bonds is 13. The maximum Gasteiger partial charge on any atom is 0.307 e. The molecule has 12 nitrogen and oxygen atoms in total. The summed E-state index contributed by atoms with van der Waals surface area (Å²) in [5, 5.41) is 24.7. The molecule has 0 radical (unpaired) electrons. The lowest BCUT2D eigenvalue weighted by atomic mass is 9.94. The standard InChI is InChI=1S/C30H34N4O3.C15H18N2O3/c1-18-23(6-4-8-26(18)31-3)24-7-5-9-27(19(24)2)33-29(35)28-14-25(20-10-11-20)22(15-32-28)17-34-13-12-21(16-34)30(36)37;18-9-13-5-14(10-1-2-10)12(6-16-13)8-17-4-3-11(7-17)15(19)20/h4-9,14-15,20-21,31H,10-13,16-17H2,1-3H3,(H,33,35)(H,36,37);5-6,9-11H,1-4,7-8H2,(H,19,20). The van der Waals surface area contributed by atoms with E-state index in [0.29, 0.717) is 55.7 Å². The molecular weight excluding hydrogens is 721 g/mol. The number of pyridine rings is 2. The summed E-state index contributed by atoms with van der Waals surface area (Å²) in [5.74, 6) is -1.18. The molecule has 4 fully saturated rings. The molecule has 4 aliphatic rings. The number of carboxylic acids is 2. The van der Waals surface area contributed by atoms with Crippen LogP contribution in [-0.2, 0) is 22.7 Å². The fourth-order valence-corrected chi connectivity index (χ4v) is 8.30. The molecule has 2 saturated carbocycles. The van der Waals surface area contributed by atoms with Gasteiger partial charge in [0.25, 0.3) is 5.91 Å². The Kier molecular flexibility index (Phi) is 12.1. The summed E-state index contributed by atoms with van der Waals surface area (Å²) in [6.45, 7) is 8.30. The van der Waals surface area contributed by atoms with Crippen LogP contribution in [0.3, 0.4) is 0 Å². The first-order valence-corrected chi connectivity index (χ1v) is 20.0. The number of aldehydes is 1. The Morgan fingerprint density at radius 1 is 0.737 bits per heavy atom. The van der Waals surface area contributed by atoms with E-state index < -0.39 is 11.9 Å². The monoisotopic (exact) mass is 772 g/mol. The molecule has 2 atom stereocenters. The van der Waals surface area contributed by atoms with Crippen LogP contribution in [0, 0.1) is 25.7 Å². The molecule has 2 aromatic heterocycles. The predicted molar refractivity (Wildman–Crippen MR) is 219 cm³/mol. The molecule has 0 bridgehead atoms. The van der Waals surface area contributed by atoms with Crippen molar-refractivity contribution in [2.75, 3.05) is 43.9 Å². The number of carbonyl (C=O) groups excluding carboxylic acids is 2. The average Bonchev–Trinajstić information content (AvgIpc) is 4.14. The largest absolute Gasteiger partial charge is 0.481 e. The smallest absolute Gasteiger partial charge is 0.307 e. The summed E-state index contributed by atoms with van der Waals surface area (Å²) >= 11 is 0. The van der Waals surface area contributed by atoms with Gasteiger partial charge >= 0.3 is 11.9 Å². The van der Waals surface area contributed by atoms with Crippen LogP contribution in [0.1, 0.15) is 105 Å². The lowest BCUT2D eigenvalue weighted by Crippen LogP contribution is -2.24. The first kappa shape index (κ1) is 39.8. The maximum absolute atomic E-state index is 13.3. The molecule has 298 valence electrons. The van der Waals surface area contributed by atoms with Crippen molar-refractivity contribution < 1.29 is 29.4 Å². The van der Waals surface area contributed by atoms with Gasteiger partial charge in [-0.1, -0.05) is 24.3 Å². The number of aliphatic carboxylic acids is 2. The minimum Gasteiger partial charge on any atom is -0.481 e. The Labute approximate surface area is 333 Å². The molecule has 2 aliphatic carbocycles. The number of hydrogen-bond acceptors (Lipinski definition) is 9. The van der Waals surface area contributed by atoms with Crippen LogP contribution in [0.15, 0.2) is 60.9 Å². The minimum absolute atomic E-state index is 0.221. The molecule has 4 aromatic rings. The Morgan fingerprint density at radius 2 is 1.25 bits per heavy atom. The maximum atomic E-state index is 13.3. The molecule has 2 saturated heterocycles. The van der Waals surface area contributed by atoms with E-state index in [9.17, 15) is 24.3 Å². The van der Waals surface area contributed by atoms with Crippen molar-refractivity contribution in [3.05, 3.63) is 106 Å². The summed E-state index contributed by atoms with van der Waals surface area (Å²) in [4.78, 5) is 59.5. The van der Waals surface area contributed by atoms with E-state index in [0.717, 1.165) is 83.5 Å². The number of hydrogen-bond donors (Lipinski definition) is 4. The van der Waals surface area contributed by atoms with Crippen molar-refractivity contribution in [1.82, 2.24) is 19.8 Å². The van der Waals surface area contributed by atoms with E-state index in [4.69, 9.17) is 5.11 Å². The van der Waals surface area contributed by atoms with Gasteiger partial charge in [0.05, 0.1) is 11.8 Å². The van der Waals surface area contributed by atoms with Crippen molar-refractivity contribution in [2.24, 2.45) is 11.8 Å². The second-order valence-electron chi connectivity index (χ2n) is 16.0. The van der Waals surface area contributed by atoms with E-state index in [2.05, 4.69) is 55.5 Å². The summed E-state index contributed by atoms with van der Waals surface area (Å²) in [6.07, 6.45) is 10.3. The highest BCUT2D eigenvalue weighted by Gasteiger charge is 2.33. The number of likely N-dealkylation sites (tertiary alicyclic amines) is 2. The number of anilines is 2. The summed E-state index contributed by atoms with van der Waals surface area (Å²) in [6, 6.07) is 16.0.